The Balaban J connectivity index is 2.10. The lowest BCUT2D eigenvalue weighted by Gasteiger charge is -2.12. The highest BCUT2D eigenvalue weighted by Gasteiger charge is 2.08. The molecule has 0 atom stereocenters. The number of primary amides is 1. The molecule has 3 N–H and O–H groups in total. The van der Waals surface area contributed by atoms with Gasteiger partial charge in [0.25, 0.3) is 0 Å². The van der Waals surface area contributed by atoms with Crippen molar-refractivity contribution in [3.8, 4) is 0 Å². The van der Waals surface area contributed by atoms with Crippen molar-refractivity contribution in [3.05, 3.63) is 11.6 Å². The van der Waals surface area contributed by atoms with E-state index in [1.807, 2.05) is 0 Å². The van der Waals surface area contributed by atoms with Crippen LogP contribution in [0.2, 0.25) is 0 Å². The molecule has 0 aliphatic heterocycles. The normalized spacial score (nSPS) is 15.1. The molecule has 1 aliphatic rings. The Hall–Kier alpha value is -1.52. The fraction of sp³-hybridized carbons (Fsp3) is 0.636. The molecule has 5 nitrogen and oxygen atoms in total. The molecule has 0 unspecified atom stereocenters. The standard InChI is InChI=1S/C11H18N2O3/c12-11(15)16-7-6-13-10(14)8-9-4-2-1-3-5-9/h4H,1-3,5-8H2,(H2,12,15)(H,13,14). The maximum Gasteiger partial charge on any atom is 0.404 e. The van der Waals surface area contributed by atoms with E-state index >= 15 is 0 Å². The minimum Gasteiger partial charge on any atom is -0.448 e. The number of allylic oxidation sites excluding steroid dienone is 1. The number of carbonyl (C=O) groups is 2. The molecule has 0 saturated heterocycles. The first-order valence-corrected chi connectivity index (χ1v) is 5.55. The van der Waals surface area contributed by atoms with Gasteiger partial charge in [-0.3, -0.25) is 4.79 Å². The quantitative estimate of drug-likeness (QED) is 0.544. The van der Waals surface area contributed by atoms with Gasteiger partial charge in [0.15, 0.2) is 0 Å². The van der Waals surface area contributed by atoms with Gasteiger partial charge in [-0.05, 0) is 25.7 Å². The molecule has 0 bridgehead atoms. The summed E-state index contributed by atoms with van der Waals surface area (Å²) in [6.07, 6.45) is 6.27. The van der Waals surface area contributed by atoms with Gasteiger partial charge in [0.1, 0.15) is 6.61 Å². The summed E-state index contributed by atoms with van der Waals surface area (Å²) in [5.74, 6) is -0.0266. The highest BCUT2D eigenvalue weighted by Crippen LogP contribution is 2.19. The van der Waals surface area contributed by atoms with Crippen molar-refractivity contribution in [2.24, 2.45) is 5.73 Å². The second-order valence-corrected chi connectivity index (χ2v) is 3.80. The van der Waals surface area contributed by atoms with Gasteiger partial charge in [-0.2, -0.15) is 0 Å². The molecule has 0 aromatic rings. The van der Waals surface area contributed by atoms with Crippen molar-refractivity contribution < 1.29 is 14.3 Å². The molecule has 90 valence electrons. The van der Waals surface area contributed by atoms with Crippen molar-refractivity contribution in [2.45, 2.75) is 32.1 Å². The molecule has 1 aliphatic carbocycles. The topological polar surface area (TPSA) is 81.4 Å². The van der Waals surface area contributed by atoms with E-state index in [1.165, 1.54) is 18.4 Å². The van der Waals surface area contributed by atoms with Gasteiger partial charge in [0.2, 0.25) is 5.91 Å². The Morgan fingerprint density at radius 1 is 1.44 bits per heavy atom. The van der Waals surface area contributed by atoms with E-state index in [4.69, 9.17) is 5.73 Å². The summed E-state index contributed by atoms with van der Waals surface area (Å²) in [6.45, 7) is 0.440. The van der Waals surface area contributed by atoms with Gasteiger partial charge in [0, 0.05) is 6.42 Å². The van der Waals surface area contributed by atoms with E-state index in [2.05, 4.69) is 16.1 Å². The van der Waals surface area contributed by atoms with Crippen molar-refractivity contribution >= 4 is 12.0 Å². The van der Waals surface area contributed by atoms with Gasteiger partial charge in [-0.25, -0.2) is 4.79 Å². The molecule has 5 heteroatoms. The summed E-state index contributed by atoms with van der Waals surface area (Å²) < 4.78 is 4.49. The van der Waals surface area contributed by atoms with Crippen LogP contribution in [0.1, 0.15) is 32.1 Å². The number of hydrogen-bond donors (Lipinski definition) is 2. The zero-order valence-corrected chi connectivity index (χ0v) is 9.33. The Kier molecular flexibility index (Phi) is 5.39. The number of nitrogens with one attached hydrogen (secondary N) is 1. The van der Waals surface area contributed by atoms with Crippen LogP contribution in [0.25, 0.3) is 0 Å². The third kappa shape index (κ3) is 5.38. The summed E-state index contributed by atoms with van der Waals surface area (Å²) in [6, 6.07) is 0. The molecule has 16 heavy (non-hydrogen) atoms. The first-order valence-electron chi connectivity index (χ1n) is 5.55. The molecule has 0 saturated carbocycles. The van der Waals surface area contributed by atoms with Crippen LogP contribution in [0.15, 0.2) is 11.6 Å². The van der Waals surface area contributed by atoms with E-state index in [0.717, 1.165) is 12.8 Å². The second-order valence-electron chi connectivity index (χ2n) is 3.80. The summed E-state index contributed by atoms with van der Waals surface area (Å²) in [4.78, 5) is 21.7. The van der Waals surface area contributed by atoms with Gasteiger partial charge < -0.3 is 15.8 Å². The molecule has 0 heterocycles. The molecule has 1 rings (SSSR count). The largest absolute Gasteiger partial charge is 0.448 e. The number of rotatable bonds is 5. The minimum absolute atomic E-state index is 0.0266. The van der Waals surface area contributed by atoms with Crippen LogP contribution < -0.4 is 11.1 Å². The lowest BCUT2D eigenvalue weighted by molar-refractivity contribution is -0.120. The average molecular weight is 226 g/mol. The highest BCUT2D eigenvalue weighted by molar-refractivity contribution is 5.78. The van der Waals surface area contributed by atoms with Crippen molar-refractivity contribution in [1.29, 1.82) is 0 Å². The number of nitrogens with two attached hydrogens (primary N) is 1. The molecular formula is C11H18N2O3. The number of ether oxygens (including phenoxy) is 1. The minimum atomic E-state index is -0.816. The highest BCUT2D eigenvalue weighted by atomic mass is 16.5. The number of hydrogen-bond acceptors (Lipinski definition) is 3. The zero-order chi connectivity index (χ0) is 11.8. The van der Waals surface area contributed by atoms with Gasteiger partial charge in [0.05, 0.1) is 6.54 Å². The average Bonchev–Trinajstić information content (AvgIpc) is 2.25. The van der Waals surface area contributed by atoms with Crippen molar-refractivity contribution in [2.75, 3.05) is 13.2 Å². The second kappa shape index (κ2) is 6.87. The zero-order valence-electron chi connectivity index (χ0n) is 9.33. The van der Waals surface area contributed by atoms with Crippen LogP contribution in [0.3, 0.4) is 0 Å². The molecule has 0 aromatic carbocycles. The van der Waals surface area contributed by atoms with E-state index < -0.39 is 6.09 Å². The molecule has 2 amide bonds. The predicted octanol–water partition coefficient (Wildman–Crippen LogP) is 1.09. The molecule has 0 aromatic heterocycles. The first-order chi connectivity index (χ1) is 7.68. The van der Waals surface area contributed by atoms with Crippen LogP contribution in [-0.4, -0.2) is 25.2 Å². The van der Waals surface area contributed by atoms with Gasteiger partial charge in [-0.15, -0.1) is 0 Å². The SMILES string of the molecule is NC(=O)OCCNC(=O)CC1=CCCCC1. The lowest BCUT2D eigenvalue weighted by atomic mass is 9.97. The monoisotopic (exact) mass is 226 g/mol. The van der Waals surface area contributed by atoms with Crippen LogP contribution >= 0.6 is 0 Å². The smallest absolute Gasteiger partial charge is 0.404 e. The number of carbonyl (C=O) groups excluding carboxylic acids is 2. The Morgan fingerprint density at radius 3 is 2.88 bits per heavy atom. The Morgan fingerprint density at radius 2 is 2.25 bits per heavy atom. The van der Waals surface area contributed by atoms with Crippen molar-refractivity contribution in [1.82, 2.24) is 5.32 Å². The van der Waals surface area contributed by atoms with Crippen LogP contribution in [0, 0.1) is 0 Å². The van der Waals surface area contributed by atoms with Gasteiger partial charge in [-0.1, -0.05) is 11.6 Å². The lowest BCUT2D eigenvalue weighted by Crippen LogP contribution is -2.29. The van der Waals surface area contributed by atoms with Crippen molar-refractivity contribution in [3.63, 3.8) is 0 Å². The van der Waals surface area contributed by atoms with E-state index in [0.29, 0.717) is 13.0 Å². The first kappa shape index (κ1) is 12.5. The molecule has 0 fully saturated rings. The van der Waals surface area contributed by atoms with Crippen LogP contribution in [-0.2, 0) is 9.53 Å². The summed E-state index contributed by atoms with van der Waals surface area (Å²) >= 11 is 0. The van der Waals surface area contributed by atoms with Gasteiger partial charge >= 0.3 is 6.09 Å². The summed E-state index contributed by atoms with van der Waals surface area (Å²) in [5, 5.41) is 2.67. The maximum atomic E-state index is 11.4. The summed E-state index contributed by atoms with van der Waals surface area (Å²) in [7, 11) is 0. The third-order valence-corrected chi connectivity index (χ3v) is 2.44. The molecule has 0 radical (unpaired) electrons. The fourth-order valence-corrected chi connectivity index (χ4v) is 1.68. The fourth-order valence-electron chi connectivity index (χ4n) is 1.68. The van der Waals surface area contributed by atoms with E-state index in [-0.39, 0.29) is 12.5 Å². The van der Waals surface area contributed by atoms with E-state index in [9.17, 15) is 9.59 Å². The predicted molar refractivity (Wildman–Crippen MR) is 59.7 cm³/mol. The van der Waals surface area contributed by atoms with Crippen LogP contribution in [0.5, 0.6) is 0 Å². The number of amides is 2. The third-order valence-electron chi connectivity index (χ3n) is 2.44. The summed E-state index contributed by atoms with van der Waals surface area (Å²) in [5.41, 5.74) is 5.98. The Labute approximate surface area is 95.0 Å². The van der Waals surface area contributed by atoms with E-state index in [1.54, 1.807) is 0 Å². The molecule has 0 spiro atoms. The molecular weight excluding hydrogens is 208 g/mol. The maximum absolute atomic E-state index is 11.4. The van der Waals surface area contributed by atoms with Crippen LogP contribution in [0.4, 0.5) is 4.79 Å². The Bertz CT molecular complexity index is 287.